The van der Waals surface area contributed by atoms with Gasteiger partial charge in [0.25, 0.3) is 0 Å². The fraction of sp³-hybridized carbons (Fsp3) is 0.667. The Balaban J connectivity index is 2.07. The molecule has 4 heteroatoms. The lowest BCUT2D eigenvalue weighted by molar-refractivity contribution is 0.626. The van der Waals surface area contributed by atoms with Gasteiger partial charge in [-0.15, -0.1) is 0 Å². The van der Waals surface area contributed by atoms with Crippen LogP contribution in [0, 0.1) is 11.3 Å². The second kappa shape index (κ2) is 1.90. The second-order valence-corrected chi connectivity index (χ2v) is 2.76. The van der Waals surface area contributed by atoms with Crippen LogP contribution in [0.4, 0.5) is 0 Å². The number of aromatic nitrogens is 1. The van der Waals surface area contributed by atoms with Crippen LogP contribution in [-0.2, 0) is 6.16 Å². The molecule has 1 rings (SSSR count). The third-order valence-electron chi connectivity index (χ3n) is 0.647. The number of hydrogen-bond acceptors (Lipinski definition) is 2. The number of aromatic amines is 1. The summed E-state index contributed by atoms with van der Waals surface area (Å²) in [5.74, 6) is 0. The highest BCUT2D eigenvalue weighted by Crippen LogP contribution is 2.30. The van der Waals surface area contributed by atoms with E-state index < -0.39 is 0 Å². The van der Waals surface area contributed by atoms with Gasteiger partial charge in [-0.25, -0.2) is 0 Å². The van der Waals surface area contributed by atoms with Gasteiger partial charge in [-0.05, 0) is 0 Å². The first kappa shape index (κ1) is 4.55. The third kappa shape index (κ3) is 1.52. The molecule has 0 aromatic carbocycles. The van der Waals surface area contributed by atoms with Gasteiger partial charge in [0.15, 0.2) is 7.93 Å². The van der Waals surface area contributed by atoms with E-state index in [1.54, 1.807) is 0 Å². The second-order valence-electron chi connectivity index (χ2n) is 1.19. The van der Waals surface area contributed by atoms with Crippen molar-refractivity contribution in [3.05, 3.63) is 0 Å². The maximum Gasteiger partial charge on any atom is 0.177 e. The standard InChI is InChI=1S/C3H5N2OP/c4-2-1-3-7-5-6-7/h5H,1,3H2. The van der Waals surface area contributed by atoms with Crippen molar-refractivity contribution in [1.82, 2.24) is 4.92 Å². The number of nitrogens with zero attached hydrogens (tertiary/aromatic N) is 1. The van der Waals surface area contributed by atoms with E-state index in [4.69, 9.17) is 5.26 Å². The molecule has 0 radical (unpaired) electrons. The lowest BCUT2D eigenvalue weighted by Gasteiger charge is -1.68. The topological polar surface area (TPSA) is 52.7 Å². The van der Waals surface area contributed by atoms with E-state index >= 15 is 0 Å². The van der Waals surface area contributed by atoms with Crippen molar-refractivity contribution >= 4 is 7.93 Å². The quantitative estimate of drug-likeness (QED) is 0.636. The van der Waals surface area contributed by atoms with Crippen molar-refractivity contribution in [2.75, 3.05) is 0 Å². The summed E-state index contributed by atoms with van der Waals surface area (Å²) < 4.78 is 4.67. The minimum Gasteiger partial charge on any atom is -0.351 e. The lowest BCUT2D eigenvalue weighted by atomic mass is 10.6. The van der Waals surface area contributed by atoms with Crippen molar-refractivity contribution in [3.8, 4) is 6.07 Å². The van der Waals surface area contributed by atoms with Gasteiger partial charge in [-0.2, -0.15) is 10.2 Å². The van der Waals surface area contributed by atoms with Gasteiger partial charge in [0.1, 0.15) is 0 Å². The molecule has 1 heterocycles. The highest BCUT2D eigenvalue weighted by Gasteiger charge is 1.97. The van der Waals surface area contributed by atoms with Gasteiger partial charge in [0.05, 0.1) is 12.2 Å². The fourth-order valence-corrected chi connectivity index (χ4v) is 0.988. The molecule has 0 aliphatic rings. The normalized spacial score (nSPS) is 11.6. The van der Waals surface area contributed by atoms with Crippen LogP contribution in [0.2, 0.25) is 0 Å². The van der Waals surface area contributed by atoms with E-state index in [2.05, 4.69) is 9.22 Å². The molecule has 7 heavy (non-hydrogen) atoms. The Morgan fingerprint density at radius 1 is 1.86 bits per heavy atom. The molecule has 3 nitrogen and oxygen atoms in total. The van der Waals surface area contributed by atoms with Gasteiger partial charge in [0, 0.05) is 6.42 Å². The molecule has 0 saturated heterocycles. The molecule has 38 valence electrons. The largest absolute Gasteiger partial charge is 0.351 e. The number of hydrogen-bond donors (Lipinski definition) is 1. The first-order valence-electron chi connectivity index (χ1n) is 2.00. The van der Waals surface area contributed by atoms with E-state index in [-0.39, 0.29) is 7.93 Å². The van der Waals surface area contributed by atoms with E-state index in [1.807, 2.05) is 6.07 Å². The Hall–Kier alpha value is -0.610. The Bertz CT molecular complexity index is 147. The minimum atomic E-state index is -0.329. The Morgan fingerprint density at radius 3 is 3.00 bits per heavy atom. The zero-order valence-corrected chi connectivity index (χ0v) is 4.61. The summed E-state index contributed by atoms with van der Waals surface area (Å²) in [4.78, 5) is 2.68. The van der Waals surface area contributed by atoms with E-state index in [1.165, 1.54) is 0 Å². The van der Waals surface area contributed by atoms with E-state index in [9.17, 15) is 0 Å². The summed E-state index contributed by atoms with van der Waals surface area (Å²) in [6.07, 6.45) is 1.49. The molecule has 1 unspecified atom stereocenters. The van der Waals surface area contributed by atoms with E-state index in [0.717, 1.165) is 6.16 Å². The Kier molecular flexibility index (Phi) is 1.24. The predicted octanol–water partition coefficient (Wildman–Crippen LogP) is 1.51. The smallest absolute Gasteiger partial charge is 0.177 e. The van der Waals surface area contributed by atoms with Crippen LogP contribution < -0.4 is 0 Å². The van der Waals surface area contributed by atoms with Crippen molar-refractivity contribution in [2.45, 2.75) is 12.6 Å². The highest BCUT2D eigenvalue weighted by molar-refractivity contribution is 7.41. The van der Waals surface area contributed by atoms with Crippen molar-refractivity contribution in [1.29, 1.82) is 5.26 Å². The average molecular weight is 116 g/mol. The SMILES string of the molecule is N#CCCp1[nH]o1. The summed E-state index contributed by atoms with van der Waals surface area (Å²) >= 11 is 0. The molecular weight excluding hydrogens is 111 g/mol. The first-order valence-corrected chi connectivity index (χ1v) is 3.45. The summed E-state index contributed by atoms with van der Waals surface area (Å²) in [5, 5.41) is 8.02. The molecule has 1 aromatic heterocycles. The zero-order valence-electron chi connectivity index (χ0n) is 3.72. The fourth-order valence-electron chi connectivity index (χ4n) is 0.272. The molecule has 1 atom stereocenters. The number of H-pyrrole nitrogens is 1. The van der Waals surface area contributed by atoms with Gasteiger partial charge in [-0.3, -0.25) is 0 Å². The maximum atomic E-state index is 8.02. The minimum absolute atomic E-state index is 0.329. The predicted molar refractivity (Wildman–Crippen MR) is 26.0 cm³/mol. The van der Waals surface area contributed by atoms with E-state index in [0.29, 0.717) is 6.42 Å². The van der Waals surface area contributed by atoms with Crippen LogP contribution in [0.1, 0.15) is 6.42 Å². The molecule has 0 spiro atoms. The molecule has 0 amide bonds. The van der Waals surface area contributed by atoms with Gasteiger partial charge in [-0.1, -0.05) is 0 Å². The molecule has 1 N–H and O–H groups in total. The summed E-state index contributed by atoms with van der Waals surface area (Å²) in [5.41, 5.74) is 0. The molecule has 0 bridgehead atoms. The highest BCUT2D eigenvalue weighted by atomic mass is 31.1. The van der Waals surface area contributed by atoms with Gasteiger partial charge in [0.2, 0.25) is 0 Å². The van der Waals surface area contributed by atoms with Crippen LogP contribution in [0.15, 0.2) is 4.30 Å². The van der Waals surface area contributed by atoms with Crippen LogP contribution in [0.25, 0.3) is 0 Å². The van der Waals surface area contributed by atoms with Crippen LogP contribution in [0.5, 0.6) is 0 Å². The molecule has 0 aliphatic heterocycles. The molecule has 1 aromatic rings. The number of aryl methyl sites for hydroxylation is 1. The monoisotopic (exact) mass is 116 g/mol. The average Bonchev–Trinajstić information content (AvgIpc) is 2.42. The lowest BCUT2D eigenvalue weighted by Crippen LogP contribution is -1.59. The number of rotatable bonds is 2. The van der Waals surface area contributed by atoms with Crippen LogP contribution in [0.3, 0.4) is 0 Å². The summed E-state index contributed by atoms with van der Waals surface area (Å²) in [6, 6.07) is 2.04. The zero-order chi connectivity index (χ0) is 5.11. The molecule has 0 saturated carbocycles. The third-order valence-corrected chi connectivity index (χ3v) is 1.72. The number of nitriles is 1. The van der Waals surface area contributed by atoms with Crippen molar-refractivity contribution in [3.63, 3.8) is 0 Å². The van der Waals surface area contributed by atoms with Crippen LogP contribution in [-0.4, -0.2) is 4.92 Å². The number of nitrogens with one attached hydrogen (secondary N) is 1. The molecule has 0 fully saturated rings. The van der Waals surface area contributed by atoms with Crippen LogP contribution >= 0.6 is 7.93 Å². The maximum absolute atomic E-state index is 8.02. The van der Waals surface area contributed by atoms with Crippen molar-refractivity contribution < 1.29 is 4.30 Å². The summed E-state index contributed by atoms with van der Waals surface area (Å²) in [7, 11) is -0.329. The molecular formula is C3H5N2OP. The van der Waals surface area contributed by atoms with Crippen molar-refractivity contribution in [2.24, 2.45) is 0 Å². The van der Waals surface area contributed by atoms with Gasteiger partial charge < -0.3 is 4.30 Å². The first-order chi connectivity index (χ1) is 3.43. The summed E-state index contributed by atoms with van der Waals surface area (Å²) in [6.45, 7) is 0. The Labute approximate surface area is 42.1 Å². The molecule has 0 aliphatic carbocycles. The Morgan fingerprint density at radius 2 is 2.57 bits per heavy atom. The van der Waals surface area contributed by atoms with Gasteiger partial charge >= 0.3 is 0 Å².